The second kappa shape index (κ2) is 6.04. The van der Waals surface area contributed by atoms with E-state index in [9.17, 15) is 0 Å². The van der Waals surface area contributed by atoms with E-state index in [-0.39, 0.29) is 0 Å². The van der Waals surface area contributed by atoms with Crippen LogP contribution in [0, 0.1) is 0 Å². The predicted octanol–water partition coefficient (Wildman–Crippen LogP) is 3.39. The first-order valence-electron chi connectivity index (χ1n) is 5.95. The van der Waals surface area contributed by atoms with Crippen LogP contribution in [0.4, 0.5) is 5.69 Å². The second-order valence-electron chi connectivity index (χ2n) is 4.08. The van der Waals surface area contributed by atoms with Gasteiger partial charge in [-0.15, -0.1) is 0 Å². The van der Waals surface area contributed by atoms with Gasteiger partial charge in [0.25, 0.3) is 0 Å². The highest BCUT2D eigenvalue weighted by Crippen LogP contribution is 2.23. The van der Waals surface area contributed by atoms with Crippen LogP contribution < -0.4 is 10.1 Å². The smallest absolute Gasteiger partial charge is 0.121 e. The summed E-state index contributed by atoms with van der Waals surface area (Å²) >= 11 is 2.03. The van der Waals surface area contributed by atoms with Gasteiger partial charge >= 0.3 is 0 Å². The van der Waals surface area contributed by atoms with Crippen molar-refractivity contribution in [3.8, 4) is 5.75 Å². The number of hydrogen-bond donors (Lipinski definition) is 1. The van der Waals surface area contributed by atoms with E-state index in [4.69, 9.17) is 4.74 Å². The van der Waals surface area contributed by atoms with E-state index >= 15 is 0 Å². The molecule has 3 heteroatoms. The first kappa shape index (κ1) is 11.6. The van der Waals surface area contributed by atoms with E-state index in [2.05, 4.69) is 30.4 Å². The molecular formula is C13H19NOS. The fraction of sp³-hybridized carbons (Fsp3) is 0.538. The summed E-state index contributed by atoms with van der Waals surface area (Å²) in [5.41, 5.74) is 1.18. The molecule has 0 aliphatic carbocycles. The Labute approximate surface area is 102 Å². The first-order chi connectivity index (χ1) is 7.88. The highest BCUT2D eigenvalue weighted by atomic mass is 32.2. The molecule has 1 N–H and O–H groups in total. The van der Waals surface area contributed by atoms with Gasteiger partial charge in [0.15, 0.2) is 0 Å². The van der Waals surface area contributed by atoms with Crippen LogP contribution in [0.15, 0.2) is 24.3 Å². The van der Waals surface area contributed by atoms with Crippen molar-refractivity contribution in [2.45, 2.75) is 25.8 Å². The minimum atomic E-state index is 0.631. The lowest BCUT2D eigenvalue weighted by Gasteiger charge is -2.14. The van der Waals surface area contributed by atoms with Gasteiger partial charge in [-0.25, -0.2) is 0 Å². The summed E-state index contributed by atoms with van der Waals surface area (Å²) in [5, 5.41) is 3.56. The highest BCUT2D eigenvalue weighted by molar-refractivity contribution is 7.99. The zero-order valence-corrected chi connectivity index (χ0v) is 10.6. The molecule has 1 aliphatic rings. The number of thioether (sulfide) groups is 1. The van der Waals surface area contributed by atoms with Gasteiger partial charge in [0, 0.05) is 23.5 Å². The molecule has 1 aromatic rings. The summed E-state index contributed by atoms with van der Waals surface area (Å²) in [5.74, 6) is 3.47. The summed E-state index contributed by atoms with van der Waals surface area (Å²) in [4.78, 5) is 0. The molecule has 1 heterocycles. The van der Waals surface area contributed by atoms with E-state index in [0.717, 1.165) is 18.8 Å². The van der Waals surface area contributed by atoms with Gasteiger partial charge in [0.1, 0.15) is 5.75 Å². The van der Waals surface area contributed by atoms with Crippen molar-refractivity contribution in [3.63, 3.8) is 0 Å². The van der Waals surface area contributed by atoms with Gasteiger partial charge in [-0.2, -0.15) is 11.8 Å². The number of rotatable bonds is 5. The van der Waals surface area contributed by atoms with Crippen LogP contribution >= 0.6 is 11.8 Å². The molecule has 16 heavy (non-hydrogen) atoms. The molecular weight excluding hydrogens is 218 g/mol. The SMILES string of the molecule is CCCOc1cccc(NC2CCSC2)c1. The molecule has 0 spiro atoms. The van der Waals surface area contributed by atoms with Gasteiger partial charge in [-0.1, -0.05) is 13.0 Å². The third-order valence-corrected chi connectivity index (χ3v) is 3.77. The summed E-state index contributed by atoms with van der Waals surface area (Å²) in [6.45, 7) is 2.92. The molecule has 1 atom stereocenters. The van der Waals surface area contributed by atoms with Gasteiger partial charge < -0.3 is 10.1 Å². The first-order valence-corrected chi connectivity index (χ1v) is 7.11. The minimum absolute atomic E-state index is 0.631. The highest BCUT2D eigenvalue weighted by Gasteiger charge is 2.14. The Bertz CT molecular complexity index is 323. The molecule has 1 saturated heterocycles. The number of anilines is 1. The molecule has 2 nitrogen and oxygen atoms in total. The molecule has 1 aliphatic heterocycles. The third-order valence-electron chi connectivity index (χ3n) is 2.61. The molecule has 1 fully saturated rings. The van der Waals surface area contributed by atoms with Crippen LogP contribution in [-0.2, 0) is 0 Å². The molecule has 88 valence electrons. The predicted molar refractivity (Wildman–Crippen MR) is 71.6 cm³/mol. The molecule has 0 aromatic heterocycles. The van der Waals surface area contributed by atoms with Crippen molar-refractivity contribution in [1.29, 1.82) is 0 Å². The fourth-order valence-electron chi connectivity index (χ4n) is 1.78. The lowest BCUT2D eigenvalue weighted by atomic mass is 10.2. The summed E-state index contributed by atoms with van der Waals surface area (Å²) in [6.07, 6.45) is 2.32. The van der Waals surface area contributed by atoms with Crippen LogP contribution in [0.1, 0.15) is 19.8 Å². The van der Waals surface area contributed by atoms with Crippen molar-refractivity contribution < 1.29 is 4.74 Å². The Morgan fingerprint density at radius 3 is 3.19 bits per heavy atom. The average molecular weight is 237 g/mol. The van der Waals surface area contributed by atoms with Crippen LogP contribution in [-0.4, -0.2) is 24.2 Å². The van der Waals surface area contributed by atoms with E-state index in [1.165, 1.54) is 23.6 Å². The lowest BCUT2D eigenvalue weighted by molar-refractivity contribution is 0.317. The molecule has 0 radical (unpaired) electrons. The standard InChI is InChI=1S/C13H19NOS/c1-2-7-15-13-5-3-4-11(9-13)14-12-6-8-16-10-12/h3-5,9,12,14H,2,6-8,10H2,1H3. The monoisotopic (exact) mass is 237 g/mol. The van der Waals surface area contributed by atoms with Gasteiger partial charge in [0.05, 0.1) is 6.61 Å². The van der Waals surface area contributed by atoms with Crippen molar-refractivity contribution >= 4 is 17.4 Å². The second-order valence-corrected chi connectivity index (χ2v) is 5.23. The van der Waals surface area contributed by atoms with Crippen LogP contribution in [0.25, 0.3) is 0 Å². The number of hydrogen-bond acceptors (Lipinski definition) is 3. The zero-order chi connectivity index (χ0) is 11.2. The number of benzene rings is 1. The maximum Gasteiger partial charge on any atom is 0.121 e. The summed E-state index contributed by atoms with van der Waals surface area (Å²) in [7, 11) is 0. The molecule has 0 amide bonds. The summed E-state index contributed by atoms with van der Waals surface area (Å²) < 4.78 is 5.62. The van der Waals surface area contributed by atoms with Crippen LogP contribution in [0.2, 0.25) is 0 Å². The Morgan fingerprint density at radius 1 is 1.50 bits per heavy atom. The van der Waals surface area contributed by atoms with Crippen molar-refractivity contribution in [3.05, 3.63) is 24.3 Å². The van der Waals surface area contributed by atoms with Crippen LogP contribution in [0.5, 0.6) is 5.75 Å². The van der Waals surface area contributed by atoms with Crippen molar-refractivity contribution in [2.24, 2.45) is 0 Å². The van der Waals surface area contributed by atoms with E-state index < -0.39 is 0 Å². The molecule has 0 saturated carbocycles. The minimum Gasteiger partial charge on any atom is -0.494 e. The normalized spacial score (nSPS) is 19.7. The average Bonchev–Trinajstić information content (AvgIpc) is 2.80. The van der Waals surface area contributed by atoms with Gasteiger partial charge in [-0.05, 0) is 30.7 Å². The maximum atomic E-state index is 5.62. The largest absolute Gasteiger partial charge is 0.494 e. The molecule has 2 rings (SSSR count). The third kappa shape index (κ3) is 3.34. The topological polar surface area (TPSA) is 21.3 Å². The van der Waals surface area contributed by atoms with Crippen molar-refractivity contribution in [1.82, 2.24) is 0 Å². The van der Waals surface area contributed by atoms with Crippen LogP contribution in [0.3, 0.4) is 0 Å². The maximum absolute atomic E-state index is 5.62. The Morgan fingerprint density at radius 2 is 2.44 bits per heavy atom. The zero-order valence-electron chi connectivity index (χ0n) is 9.74. The Kier molecular flexibility index (Phi) is 4.40. The lowest BCUT2D eigenvalue weighted by Crippen LogP contribution is -2.17. The van der Waals surface area contributed by atoms with E-state index in [1.54, 1.807) is 0 Å². The van der Waals surface area contributed by atoms with Gasteiger partial charge in [0.2, 0.25) is 0 Å². The molecule has 1 unspecified atom stereocenters. The van der Waals surface area contributed by atoms with Gasteiger partial charge in [-0.3, -0.25) is 0 Å². The Hall–Kier alpha value is -0.830. The number of nitrogens with one attached hydrogen (secondary N) is 1. The Balaban J connectivity index is 1.92. The van der Waals surface area contributed by atoms with Crippen molar-refractivity contribution in [2.75, 3.05) is 23.4 Å². The van der Waals surface area contributed by atoms with E-state index in [0.29, 0.717) is 6.04 Å². The molecule has 0 bridgehead atoms. The number of ether oxygens (including phenoxy) is 1. The molecule has 1 aromatic carbocycles. The fourth-order valence-corrected chi connectivity index (χ4v) is 2.93. The summed E-state index contributed by atoms with van der Waals surface area (Å²) in [6, 6.07) is 8.91. The van der Waals surface area contributed by atoms with E-state index in [1.807, 2.05) is 17.8 Å². The quantitative estimate of drug-likeness (QED) is 0.848.